The Hall–Kier alpha value is 0.1000. The summed E-state index contributed by atoms with van der Waals surface area (Å²) < 4.78 is 1.13. The first-order chi connectivity index (χ1) is 6.74. The van der Waals surface area contributed by atoms with Crippen LogP contribution in [0.3, 0.4) is 0 Å². The van der Waals surface area contributed by atoms with E-state index in [-0.39, 0.29) is 6.10 Å². The van der Waals surface area contributed by atoms with Gasteiger partial charge in [-0.15, -0.1) is 11.3 Å². The van der Waals surface area contributed by atoms with Crippen LogP contribution in [-0.2, 0) is 6.42 Å². The molecule has 0 aromatic carbocycles. The molecule has 0 radical (unpaired) electrons. The summed E-state index contributed by atoms with van der Waals surface area (Å²) in [5, 5.41) is 13.0. The van der Waals surface area contributed by atoms with Crippen molar-refractivity contribution in [1.29, 1.82) is 0 Å². The van der Waals surface area contributed by atoms with Crippen LogP contribution in [0.25, 0.3) is 0 Å². The van der Waals surface area contributed by atoms with Crippen LogP contribution in [0.5, 0.6) is 0 Å². The average molecular weight is 276 g/mol. The minimum Gasteiger partial charge on any atom is -0.391 e. The molecule has 1 fully saturated rings. The Kier molecular flexibility index (Phi) is 3.60. The normalized spacial score (nSPS) is 18.4. The van der Waals surface area contributed by atoms with Crippen molar-refractivity contribution in [3.63, 3.8) is 0 Å². The maximum Gasteiger partial charge on any atom is 0.0712 e. The zero-order valence-electron chi connectivity index (χ0n) is 7.87. The van der Waals surface area contributed by atoms with Gasteiger partial charge in [0.15, 0.2) is 0 Å². The molecule has 2 N–H and O–H groups in total. The second-order valence-corrected chi connectivity index (χ2v) is 6.29. The summed E-state index contributed by atoms with van der Waals surface area (Å²) in [5.74, 6) is 0. The molecule has 1 aliphatic carbocycles. The molecule has 4 heteroatoms. The predicted molar refractivity (Wildman–Crippen MR) is 62.8 cm³/mol. The van der Waals surface area contributed by atoms with Crippen molar-refractivity contribution in [3.05, 3.63) is 20.8 Å². The highest BCUT2D eigenvalue weighted by Crippen LogP contribution is 2.23. The molecule has 0 bridgehead atoms. The molecule has 0 aliphatic heterocycles. The fourth-order valence-corrected chi connectivity index (χ4v) is 2.91. The maximum absolute atomic E-state index is 9.72. The van der Waals surface area contributed by atoms with E-state index in [0.29, 0.717) is 6.04 Å². The van der Waals surface area contributed by atoms with Crippen molar-refractivity contribution in [2.24, 2.45) is 0 Å². The summed E-state index contributed by atoms with van der Waals surface area (Å²) in [6.45, 7) is 0.722. The van der Waals surface area contributed by atoms with Gasteiger partial charge in [-0.3, -0.25) is 0 Å². The van der Waals surface area contributed by atoms with Crippen LogP contribution in [0.2, 0.25) is 0 Å². The van der Waals surface area contributed by atoms with E-state index in [9.17, 15) is 5.11 Å². The molecule has 2 nitrogen and oxygen atoms in total. The fraction of sp³-hybridized carbons (Fsp3) is 0.600. The number of hydrogen-bond acceptors (Lipinski definition) is 3. The van der Waals surface area contributed by atoms with Gasteiger partial charge >= 0.3 is 0 Å². The molecule has 1 unspecified atom stereocenters. The van der Waals surface area contributed by atoms with Gasteiger partial charge in [0.2, 0.25) is 0 Å². The summed E-state index contributed by atoms with van der Waals surface area (Å²) >= 11 is 5.11. The number of hydrogen-bond donors (Lipinski definition) is 2. The third kappa shape index (κ3) is 3.35. The lowest BCUT2D eigenvalue weighted by Crippen LogP contribution is -2.29. The second kappa shape index (κ2) is 4.75. The minimum atomic E-state index is -0.249. The summed E-state index contributed by atoms with van der Waals surface area (Å²) in [6, 6.07) is 4.77. The maximum atomic E-state index is 9.72. The first-order valence-electron chi connectivity index (χ1n) is 4.89. The molecule has 0 spiro atoms. The Morgan fingerprint density at radius 3 is 2.93 bits per heavy atom. The van der Waals surface area contributed by atoms with Crippen LogP contribution >= 0.6 is 27.3 Å². The number of halogens is 1. The Morgan fingerprint density at radius 1 is 1.57 bits per heavy atom. The Morgan fingerprint density at radius 2 is 2.36 bits per heavy atom. The Balaban J connectivity index is 1.72. The van der Waals surface area contributed by atoms with Gasteiger partial charge in [-0.05, 0) is 40.9 Å². The molecule has 1 saturated carbocycles. The summed E-state index contributed by atoms with van der Waals surface area (Å²) in [6.07, 6.45) is 3.06. The van der Waals surface area contributed by atoms with E-state index in [4.69, 9.17) is 0 Å². The van der Waals surface area contributed by atoms with Crippen molar-refractivity contribution in [1.82, 2.24) is 5.32 Å². The molecule has 2 rings (SSSR count). The highest BCUT2D eigenvalue weighted by molar-refractivity contribution is 9.11. The van der Waals surface area contributed by atoms with Gasteiger partial charge in [-0.2, -0.15) is 0 Å². The van der Waals surface area contributed by atoms with E-state index >= 15 is 0 Å². The molecule has 1 atom stereocenters. The lowest BCUT2D eigenvalue weighted by Gasteiger charge is -2.09. The number of thiophene rings is 1. The average Bonchev–Trinajstić information content (AvgIpc) is 2.88. The fourth-order valence-electron chi connectivity index (χ4n) is 1.36. The zero-order valence-corrected chi connectivity index (χ0v) is 10.3. The van der Waals surface area contributed by atoms with E-state index in [1.54, 1.807) is 11.3 Å². The predicted octanol–water partition coefficient (Wildman–Crippen LogP) is 2.17. The van der Waals surface area contributed by atoms with Crippen LogP contribution in [0.15, 0.2) is 15.9 Å². The zero-order chi connectivity index (χ0) is 9.97. The molecule has 1 heterocycles. The molecular weight excluding hydrogens is 262 g/mol. The van der Waals surface area contributed by atoms with Crippen molar-refractivity contribution in [2.45, 2.75) is 31.4 Å². The van der Waals surface area contributed by atoms with E-state index in [1.807, 2.05) is 6.07 Å². The number of aliphatic hydroxyl groups is 1. The van der Waals surface area contributed by atoms with Crippen LogP contribution in [0.4, 0.5) is 0 Å². The minimum absolute atomic E-state index is 0.249. The molecule has 78 valence electrons. The molecule has 1 aliphatic rings. The monoisotopic (exact) mass is 275 g/mol. The third-order valence-corrected chi connectivity index (χ3v) is 3.93. The largest absolute Gasteiger partial charge is 0.391 e. The standard InChI is InChI=1S/C10H14BrNOS/c11-10-4-3-9(14-10)5-8(13)6-12-7-1-2-7/h3-4,7-8,12-13H,1-2,5-6H2. The van der Waals surface area contributed by atoms with Gasteiger partial charge in [0.25, 0.3) is 0 Å². The van der Waals surface area contributed by atoms with Gasteiger partial charge in [-0.1, -0.05) is 0 Å². The van der Waals surface area contributed by atoms with Gasteiger partial charge in [-0.25, -0.2) is 0 Å². The lowest BCUT2D eigenvalue weighted by atomic mass is 10.2. The number of aliphatic hydroxyl groups excluding tert-OH is 1. The van der Waals surface area contributed by atoms with Crippen molar-refractivity contribution >= 4 is 27.3 Å². The molecule has 14 heavy (non-hydrogen) atoms. The second-order valence-electron chi connectivity index (χ2n) is 3.75. The van der Waals surface area contributed by atoms with Crippen molar-refractivity contribution in [3.8, 4) is 0 Å². The van der Waals surface area contributed by atoms with Gasteiger partial charge in [0.1, 0.15) is 0 Å². The lowest BCUT2D eigenvalue weighted by molar-refractivity contribution is 0.172. The van der Waals surface area contributed by atoms with Gasteiger partial charge in [0, 0.05) is 23.9 Å². The van der Waals surface area contributed by atoms with Crippen molar-refractivity contribution < 1.29 is 5.11 Å². The quantitative estimate of drug-likeness (QED) is 0.864. The van der Waals surface area contributed by atoms with Gasteiger partial charge < -0.3 is 10.4 Å². The smallest absolute Gasteiger partial charge is 0.0712 e. The van der Waals surface area contributed by atoms with Crippen LogP contribution in [-0.4, -0.2) is 23.8 Å². The number of rotatable bonds is 5. The first-order valence-corrected chi connectivity index (χ1v) is 6.50. The van der Waals surface area contributed by atoms with Crippen LogP contribution < -0.4 is 5.32 Å². The first kappa shape index (κ1) is 10.6. The highest BCUT2D eigenvalue weighted by atomic mass is 79.9. The summed E-state index contributed by atoms with van der Waals surface area (Å²) in [4.78, 5) is 1.24. The molecule has 1 aromatic heterocycles. The van der Waals surface area contributed by atoms with E-state index in [0.717, 1.165) is 16.8 Å². The van der Waals surface area contributed by atoms with Gasteiger partial charge in [0.05, 0.1) is 9.89 Å². The molecule has 0 saturated heterocycles. The Labute approximate surface area is 96.5 Å². The van der Waals surface area contributed by atoms with E-state index in [2.05, 4.69) is 27.3 Å². The molecule has 1 aromatic rings. The van der Waals surface area contributed by atoms with E-state index in [1.165, 1.54) is 17.7 Å². The van der Waals surface area contributed by atoms with Crippen LogP contribution in [0, 0.1) is 0 Å². The number of nitrogens with one attached hydrogen (secondary N) is 1. The highest BCUT2D eigenvalue weighted by Gasteiger charge is 2.21. The summed E-state index contributed by atoms with van der Waals surface area (Å²) in [5.41, 5.74) is 0. The Bertz CT molecular complexity index is 298. The van der Waals surface area contributed by atoms with Crippen molar-refractivity contribution in [2.75, 3.05) is 6.54 Å². The third-order valence-electron chi connectivity index (χ3n) is 2.29. The summed E-state index contributed by atoms with van der Waals surface area (Å²) in [7, 11) is 0. The topological polar surface area (TPSA) is 32.3 Å². The molecule has 0 amide bonds. The molecular formula is C10H14BrNOS. The van der Waals surface area contributed by atoms with Crippen LogP contribution in [0.1, 0.15) is 17.7 Å². The van der Waals surface area contributed by atoms with E-state index < -0.39 is 0 Å². The SMILES string of the molecule is OC(CNC1CC1)Cc1ccc(Br)s1.